The minimum atomic E-state index is -0.228. The molecule has 10 heteroatoms. The number of ether oxygens (including phenoxy) is 1. The molecule has 1 amide bonds. The minimum Gasteiger partial charge on any atom is -0.491 e. The second-order valence-corrected chi connectivity index (χ2v) is 9.37. The molecule has 0 saturated heterocycles. The van der Waals surface area contributed by atoms with Gasteiger partial charge in [-0.2, -0.15) is 10.2 Å². The number of halogens is 1. The molecule has 4 heterocycles. The van der Waals surface area contributed by atoms with Crippen molar-refractivity contribution in [2.24, 2.45) is 14.1 Å². The molecule has 37 heavy (non-hydrogen) atoms. The molecule has 1 aliphatic rings. The number of pyridine rings is 1. The Morgan fingerprint density at radius 1 is 1.19 bits per heavy atom. The van der Waals surface area contributed by atoms with Gasteiger partial charge in [0.2, 0.25) is 0 Å². The molecule has 0 spiro atoms. The summed E-state index contributed by atoms with van der Waals surface area (Å²) in [6.07, 6.45) is 3.46. The number of hydrogen-bond donors (Lipinski definition) is 1. The summed E-state index contributed by atoms with van der Waals surface area (Å²) in [7, 11) is 5.43. The van der Waals surface area contributed by atoms with Gasteiger partial charge in [-0.3, -0.25) is 14.2 Å². The molecule has 2 N–H and O–H groups in total. The molecule has 1 unspecified atom stereocenters. The van der Waals surface area contributed by atoms with Crippen LogP contribution in [0, 0.1) is 11.8 Å². The van der Waals surface area contributed by atoms with E-state index in [0.717, 1.165) is 27.4 Å². The minimum absolute atomic E-state index is 0.120. The number of hydrogen-bond acceptors (Lipinski definition) is 6. The molecule has 0 bridgehead atoms. The molecule has 0 saturated carbocycles. The van der Waals surface area contributed by atoms with E-state index in [-0.39, 0.29) is 11.9 Å². The normalized spacial score (nSPS) is 14.3. The Balaban J connectivity index is 1.28. The summed E-state index contributed by atoms with van der Waals surface area (Å²) in [5.74, 6) is 7.16. The van der Waals surface area contributed by atoms with Crippen LogP contribution in [0.1, 0.15) is 33.1 Å². The molecular weight excluding hydrogens is 490 g/mol. The molecule has 2 aromatic carbocycles. The summed E-state index contributed by atoms with van der Waals surface area (Å²) < 4.78 is 9.31. The molecule has 3 aromatic heterocycles. The van der Waals surface area contributed by atoms with Crippen molar-refractivity contribution in [3.8, 4) is 17.6 Å². The standard InChI is InChI=1S/C27H22ClN7O2/c1-33-13-17(25(28)32-33)6-4-15-5-8-18-22(14-37-23(18)10-15)34(2)27(36)16-7-9-21-19(11-16)24-20(26(29)31-21)12-30-35(24)3/h5,7-13,22H,14H2,1-3H3,(H2,29,31). The van der Waals surface area contributed by atoms with Crippen molar-refractivity contribution >= 4 is 45.1 Å². The van der Waals surface area contributed by atoms with Crippen LogP contribution in [0.15, 0.2) is 48.8 Å². The molecule has 6 rings (SSSR count). The number of nitrogens with zero attached hydrogens (tertiary/aromatic N) is 6. The zero-order chi connectivity index (χ0) is 25.8. The SMILES string of the molecule is CN(C(=O)c1ccc2nc(N)c3cnn(C)c3c2c1)C1COc2cc(C#Cc3cn(C)nc3Cl)ccc21. The first-order valence-corrected chi connectivity index (χ1v) is 11.9. The fourth-order valence-electron chi connectivity index (χ4n) is 4.71. The number of carbonyl (C=O) groups is 1. The van der Waals surface area contributed by atoms with E-state index in [1.807, 2.05) is 37.4 Å². The highest BCUT2D eigenvalue weighted by molar-refractivity contribution is 6.30. The van der Waals surface area contributed by atoms with Gasteiger partial charge in [-0.25, -0.2) is 4.98 Å². The Hall–Kier alpha value is -4.55. The zero-order valence-electron chi connectivity index (χ0n) is 20.4. The van der Waals surface area contributed by atoms with Crippen LogP contribution >= 0.6 is 11.6 Å². The first-order valence-electron chi connectivity index (χ1n) is 11.6. The number of benzene rings is 2. The number of nitrogens with two attached hydrogens (primary N) is 1. The van der Waals surface area contributed by atoms with E-state index < -0.39 is 0 Å². The third kappa shape index (κ3) is 3.82. The Bertz CT molecular complexity index is 1790. The molecular formula is C27H22ClN7O2. The number of rotatable bonds is 2. The van der Waals surface area contributed by atoms with Crippen LogP contribution < -0.4 is 10.5 Å². The van der Waals surface area contributed by atoms with Gasteiger partial charge in [0.25, 0.3) is 5.91 Å². The van der Waals surface area contributed by atoms with Crippen LogP contribution in [0.4, 0.5) is 5.82 Å². The van der Waals surface area contributed by atoms with Gasteiger partial charge in [-0.15, -0.1) is 0 Å². The number of amides is 1. The molecule has 0 fully saturated rings. The monoisotopic (exact) mass is 511 g/mol. The van der Waals surface area contributed by atoms with Crippen molar-refractivity contribution < 1.29 is 9.53 Å². The van der Waals surface area contributed by atoms with Gasteiger partial charge in [-0.1, -0.05) is 29.5 Å². The van der Waals surface area contributed by atoms with Crippen molar-refractivity contribution in [2.45, 2.75) is 6.04 Å². The quantitative estimate of drug-likeness (QED) is 0.362. The van der Waals surface area contributed by atoms with E-state index in [0.29, 0.717) is 40.0 Å². The first kappa shape index (κ1) is 22.9. The predicted molar refractivity (Wildman–Crippen MR) is 141 cm³/mol. The topological polar surface area (TPSA) is 104 Å². The lowest BCUT2D eigenvalue weighted by molar-refractivity contribution is 0.0708. The van der Waals surface area contributed by atoms with Gasteiger partial charge in [0.15, 0.2) is 5.15 Å². The number of anilines is 1. The number of aryl methyl sites for hydroxylation is 2. The van der Waals surface area contributed by atoms with E-state index in [2.05, 4.69) is 27.0 Å². The van der Waals surface area contributed by atoms with Crippen LogP contribution in [0.25, 0.3) is 21.8 Å². The Labute approximate surface area is 217 Å². The maximum atomic E-state index is 13.5. The van der Waals surface area contributed by atoms with Gasteiger partial charge in [0.1, 0.15) is 18.2 Å². The third-order valence-electron chi connectivity index (χ3n) is 6.64. The molecule has 5 aromatic rings. The Kier molecular flexibility index (Phi) is 5.28. The lowest BCUT2D eigenvalue weighted by Crippen LogP contribution is -2.32. The number of aromatic nitrogens is 5. The van der Waals surface area contributed by atoms with E-state index in [1.165, 1.54) is 0 Å². The van der Waals surface area contributed by atoms with E-state index in [4.69, 9.17) is 22.1 Å². The summed E-state index contributed by atoms with van der Waals surface area (Å²) in [6, 6.07) is 11.0. The van der Waals surface area contributed by atoms with Crippen molar-refractivity contribution in [1.82, 2.24) is 29.4 Å². The maximum absolute atomic E-state index is 13.5. The van der Waals surface area contributed by atoms with Crippen LogP contribution in [-0.2, 0) is 14.1 Å². The van der Waals surface area contributed by atoms with Crippen LogP contribution in [-0.4, -0.2) is 49.0 Å². The molecule has 9 nitrogen and oxygen atoms in total. The fraction of sp³-hybridized carbons (Fsp3) is 0.185. The summed E-state index contributed by atoms with van der Waals surface area (Å²) in [6.45, 7) is 0.362. The fourth-order valence-corrected chi connectivity index (χ4v) is 4.93. The number of fused-ring (bicyclic) bond motifs is 4. The highest BCUT2D eigenvalue weighted by Gasteiger charge is 2.31. The molecule has 1 atom stereocenters. The van der Waals surface area contributed by atoms with Gasteiger partial charge < -0.3 is 15.4 Å². The first-order chi connectivity index (χ1) is 17.8. The number of carbonyl (C=O) groups excluding carboxylic acids is 1. The summed E-state index contributed by atoms with van der Waals surface area (Å²) in [4.78, 5) is 19.7. The van der Waals surface area contributed by atoms with E-state index >= 15 is 0 Å². The second-order valence-electron chi connectivity index (χ2n) is 9.01. The van der Waals surface area contributed by atoms with E-state index in [9.17, 15) is 4.79 Å². The molecule has 184 valence electrons. The van der Waals surface area contributed by atoms with Crippen molar-refractivity contribution in [3.63, 3.8) is 0 Å². The van der Waals surface area contributed by atoms with Gasteiger partial charge in [0, 0.05) is 49.4 Å². The van der Waals surface area contributed by atoms with Crippen molar-refractivity contribution in [1.29, 1.82) is 0 Å². The summed E-state index contributed by atoms with van der Waals surface area (Å²) >= 11 is 6.10. The Morgan fingerprint density at radius 2 is 2.03 bits per heavy atom. The summed E-state index contributed by atoms with van der Waals surface area (Å²) in [5.41, 5.74) is 10.6. The molecule has 0 aliphatic carbocycles. The van der Waals surface area contributed by atoms with Crippen LogP contribution in [0.2, 0.25) is 5.15 Å². The lowest BCUT2D eigenvalue weighted by atomic mass is 10.0. The number of nitrogen functional groups attached to an aromatic ring is 1. The average Bonchev–Trinajstić information content (AvgIpc) is 3.58. The van der Waals surface area contributed by atoms with Gasteiger partial charge in [-0.05, 0) is 30.3 Å². The maximum Gasteiger partial charge on any atom is 0.254 e. The molecule has 0 radical (unpaired) electrons. The highest BCUT2D eigenvalue weighted by Crippen LogP contribution is 2.37. The third-order valence-corrected chi connectivity index (χ3v) is 6.92. The summed E-state index contributed by atoms with van der Waals surface area (Å²) in [5, 5.41) is 10.4. The van der Waals surface area contributed by atoms with E-state index in [1.54, 1.807) is 46.8 Å². The lowest BCUT2D eigenvalue weighted by Gasteiger charge is -2.24. The highest BCUT2D eigenvalue weighted by atomic mass is 35.5. The Morgan fingerprint density at radius 3 is 2.81 bits per heavy atom. The van der Waals surface area contributed by atoms with Crippen molar-refractivity contribution in [2.75, 3.05) is 19.4 Å². The van der Waals surface area contributed by atoms with Crippen molar-refractivity contribution in [3.05, 3.63) is 76.2 Å². The van der Waals surface area contributed by atoms with Gasteiger partial charge >= 0.3 is 0 Å². The largest absolute Gasteiger partial charge is 0.491 e. The van der Waals surface area contributed by atoms with Crippen LogP contribution in [0.5, 0.6) is 5.75 Å². The smallest absolute Gasteiger partial charge is 0.254 e. The number of likely N-dealkylation sites (N-methyl/N-ethyl adjacent to an activating group) is 1. The average molecular weight is 512 g/mol. The van der Waals surface area contributed by atoms with Gasteiger partial charge in [0.05, 0.1) is 34.2 Å². The zero-order valence-corrected chi connectivity index (χ0v) is 21.1. The molecule has 1 aliphatic heterocycles. The van der Waals surface area contributed by atoms with Crippen LogP contribution in [0.3, 0.4) is 0 Å². The predicted octanol–water partition coefficient (Wildman–Crippen LogP) is 3.70. The second kappa shape index (κ2) is 8.54.